The molecule has 35 heavy (non-hydrogen) atoms. The Hall–Kier alpha value is -2.14. The summed E-state index contributed by atoms with van der Waals surface area (Å²) in [4.78, 5) is 27.0. The van der Waals surface area contributed by atoms with E-state index in [1.54, 1.807) is 18.1 Å². The van der Waals surface area contributed by atoms with Crippen LogP contribution in [-0.4, -0.2) is 82.3 Å². The van der Waals surface area contributed by atoms with Crippen molar-refractivity contribution in [2.24, 2.45) is 4.99 Å². The van der Waals surface area contributed by atoms with Crippen molar-refractivity contribution in [2.75, 3.05) is 55.6 Å². The number of hydrogen-bond acceptors (Lipinski definition) is 9. The summed E-state index contributed by atoms with van der Waals surface area (Å²) in [5.74, 6) is 3.12. The molecule has 1 fully saturated rings. The number of hydrogen-bond donors (Lipinski definition) is 1. The Bertz CT molecular complexity index is 1210. The standard InChI is InChI=1S/C25H29N5O2S3/c1-17(31)16-32-19-11-18-12-21(25-27-14-20(34-25)15-30-7-9-33-10-8-30)28-24(18)22(13-19)29(2)35-23-5-3-4-6-26-23/h3-6,11-13,20,28H,7-10,14-16H2,1-2H3. The van der Waals surface area contributed by atoms with Gasteiger partial charge < -0.3 is 18.9 Å². The minimum atomic E-state index is -0.00679. The van der Waals surface area contributed by atoms with Crippen LogP contribution in [-0.2, 0) is 4.79 Å². The highest BCUT2D eigenvalue weighted by Gasteiger charge is 2.25. The zero-order valence-corrected chi connectivity index (χ0v) is 22.3. The maximum absolute atomic E-state index is 11.5. The number of ether oxygens (including phenoxy) is 1. The molecule has 1 unspecified atom stereocenters. The molecular formula is C25H29N5O2S3. The number of fused-ring (bicyclic) bond motifs is 1. The van der Waals surface area contributed by atoms with E-state index in [9.17, 15) is 4.79 Å². The van der Waals surface area contributed by atoms with E-state index in [0.29, 0.717) is 11.0 Å². The van der Waals surface area contributed by atoms with Gasteiger partial charge in [-0.2, -0.15) is 11.8 Å². The van der Waals surface area contributed by atoms with E-state index < -0.39 is 0 Å². The molecule has 0 amide bonds. The number of nitrogens with zero attached hydrogens (tertiary/aromatic N) is 4. The smallest absolute Gasteiger partial charge is 0.167 e. The molecule has 2 aliphatic heterocycles. The van der Waals surface area contributed by atoms with Gasteiger partial charge >= 0.3 is 0 Å². The fourth-order valence-corrected chi connectivity index (χ4v) is 7.04. The fourth-order valence-electron chi connectivity index (χ4n) is 4.15. The van der Waals surface area contributed by atoms with Gasteiger partial charge in [0.2, 0.25) is 0 Å². The predicted molar refractivity (Wildman–Crippen MR) is 150 cm³/mol. The molecule has 2 aliphatic rings. The lowest BCUT2D eigenvalue weighted by molar-refractivity contribution is -0.118. The van der Waals surface area contributed by atoms with E-state index >= 15 is 0 Å². The molecule has 2 aromatic heterocycles. The van der Waals surface area contributed by atoms with Crippen molar-refractivity contribution < 1.29 is 9.53 Å². The van der Waals surface area contributed by atoms with E-state index in [1.165, 1.54) is 31.5 Å². The highest BCUT2D eigenvalue weighted by Crippen LogP contribution is 2.37. The summed E-state index contributed by atoms with van der Waals surface area (Å²) in [6.45, 7) is 5.89. The highest BCUT2D eigenvalue weighted by atomic mass is 32.2. The first kappa shape index (κ1) is 24.5. The average molecular weight is 528 g/mol. The number of ketones is 1. The quantitative estimate of drug-likeness (QED) is 0.405. The lowest BCUT2D eigenvalue weighted by Crippen LogP contribution is -2.37. The minimum absolute atomic E-state index is 0.00679. The Balaban J connectivity index is 1.39. The summed E-state index contributed by atoms with van der Waals surface area (Å²) in [6, 6.07) is 12.0. The summed E-state index contributed by atoms with van der Waals surface area (Å²) >= 11 is 5.46. The van der Waals surface area contributed by atoms with Gasteiger partial charge in [0.1, 0.15) is 22.4 Å². The summed E-state index contributed by atoms with van der Waals surface area (Å²) in [7, 11) is 2.01. The topological polar surface area (TPSA) is 73.8 Å². The maximum atomic E-state index is 11.5. The molecule has 184 valence electrons. The maximum Gasteiger partial charge on any atom is 0.167 e. The van der Waals surface area contributed by atoms with Crippen molar-refractivity contribution in [3.63, 3.8) is 0 Å². The normalized spacial score (nSPS) is 18.6. The lowest BCUT2D eigenvalue weighted by atomic mass is 10.2. The highest BCUT2D eigenvalue weighted by molar-refractivity contribution is 8.15. The molecule has 0 spiro atoms. The first-order chi connectivity index (χ1) is 17.0. The molecule has 4 heterocycles. The van der Waals surface area contributed by atoms with Gasteiger partial charge in [0.05, 0.1) is 23.4 Å². The third-order valence-electron chi connectivity index (χ3n) is 5.84. The number of anilines is 1. The van der Waals surface area contributed by atoms with Crippen LogP contribution in [0, 0.1) is 0 Å². The van der Waals surface area contributed by atoms with Crippen LogP contribution in [0.15, 0.2) is 52.6 Å². The van der Waals surface area contributed by atoms with Crippen LogP contribution in [0.2, 0.25) is 0 Å². The number of benzene rings is 1. The predicted octanol–water partition coefficient (Wildman–Crippen LogP) is 4.59. The Morgan fingerprint density at radius 2 is 2.14 bits per heavy atom. The molecule has 1 saturated heterocycles. The molecule has 0 saturated carbocycles. The molecule has 7 nitrogen and oxygen atoms in total. The van der Waals surface area contributed by atoms with E-state index in [1.807, 2.05) is 60.9 Å². The van der Waals surface area contributed by atoms with Crippen LogP contribution in [0.1, 0.15) is 12.6 Å². The number of aromatic amines is 1. The number of thioether (sulfide) groups is 2. The number of carbonyl (C=O) groups excluding carboxylic acids is 1. The average Bonchev–Trinajstić information content (AvgIpc) is 3.50. The summed E-state index contributed by atoms with van der Waals surface area (Å²) < 4.78 is 7.87. The largest absolute Gasteiger partial charge is 0.486 e. The number of rotatable bonds is 9. The molecule has 0 radical (unpaired) electrons. The third kappa shape index (κ3) is 6.17. The van der Waals surface area contributed by atoms with Gasteiger partial charge in [0.25, 0.3) is 0 Å². The van der Waals surface area contributed by atoms with Crippen LogP contribution in [0.25, 0.3) is 10.9 Å². The second-order valence-electron chi connectivity index (χ2n) is 8.64. The van der Waals surface area contributed by atoms with Crippen molar-refractivity contribution in [3.05, 3.63) is 48.3 Å². The van der Waals surface area contributed by atoms with Crippen molar-refractivity contribution in [1.82, 2.24) is 14.9 Å². The Morgan fingerprint density at radius 3 is 2.91 bits per heavy atom. The zero-order chi connectivity index (χ0) is 24.2. The van der Waals surface area contributed by atoms with Crippen molar-refractivity contribution in [3.8, 4) is 5.75 Å². The molecule has 0 bridgehead atoms. The van der Waals surface area contributed by atoms with Crippen LogP contribution >= 0.6 is 35.5 Å². The molecule has 1 atom stereocenters. The Kier molecular flexibility index (Phi) is 7.91. The number of aromatic nitrogens is 2. The van der Waals surface area contributed by atoms with Crippen LogP contribution in [0.3, 0.4) is 0 Å². The van der Waals surface area contributed by atoms with Gasteiger partial charge in [-0.25, -0.2) is 4.98 Å². The summed E-state index contributed by atoms with van der Waals surface area (Å²) in [5, 5.41) is 3.49. The van der Waals surface area contributed by atoms with Crippen LogP contribution in [0.4, 0.5) is 5.69 Å². The Morgan fingerprint density at radius 1 is 1.29 bits per heavy atom. The third-order valence-corrected chi connectivity index (χ3v) is 8.89. The molecule has 3 aromatic rings. The number of nitrogens with one attached hydrogen (secondary N) is 1. The van der Waals surface area contributed by atoms with E-state index in [2.05, 4.69) is 25.2 Å². The second kappa shape index (κ2) is 11.3. The molecule has 1 aromatic carbocycles. The van der Waals surface area contributed by atoms with E-state index in [4.69, 9.17) is 9.73 Å². The van der Waals surface area contributed by atoms with Crippen molar-refractivity contribution in [2.45, 2.75) is 17.2 Å². The molecule has 0 aliphatic carbocycles. The van der Waals surface area contributed by atoms with Gasteiger partial charge in [0, 0.05) is 73.0 Å². The number of aliphatic imine (C=N–C) groups is 1. The summed E-state index contributed by atoms with van der Waals surface area (Å²) in [6.07, 6.45) is 1.79. The first-order valence-corrected chi connectivity index (χ1v) is 14.5. The van der Waals surface area contributed by atoms with Gasteiger partial charge in [-0.05, 0) is 31.2 Å². The molecule has 1 N–H and O–H groups in total. The van der Waals surface area contributed by atoms with Gasteiger partial charge in [-0.3, -0.25) is 9.79 Å². The molecule has 10 heteroatoms. The van der Waals surface area contributed by atoms with Gasteiger partial charge in [0.15, 0.2) is 5.78 Å². The monoisotopic (exact) mass is 527 g/mol. The zero-order valence-electron chi connectivity index (χ0n) is 19.9. The van der Waals surface area contributed by atoms with Gasteiger partial charge in [-0.1, -0.05) is 17.8 Å². The molecule has 5 rings (SSSR count). The SMILES string of the molecule is CC(=O)COc1cc(N(C)Sc2ccccn2)c2[nH]c(C3=NCC(CN4CCSCC4)S3)cc2c1. The molecular weight excluding hydrogens is 499 g/mol. The van der Waals surface area contributed by atoms with E-state index in [-0.39, 0.29) is 12.4 Å². The number of Topliss-reactive ketones (excluding diaryl/α,β-unsaturated/α-hetero) is 1. The van der Waals surface area contributed by atoms with E-state index in [0.717, 1.165) is 45.4 Å². The fraction of sp³-hybridized carbons (Fsp3) is 0.400. The second-order valence-corrected chi connectivity index (χ2v) is 12.3. The number of carbonyl (C=O) groups is 1. The van der Waals surface area contributed by atoms with Crippen LogP contribution in [0.5, 0.6) is 5.75 Å². The van der Waals surface area contributed by atoms with Crippen molar-refractivity contribution >= 4 is 62.9 Å². The first-order valence-electron chi connectivity index (χ1n) is 11.7. The number of pyridine rings is 1. The number of H-pyrrole nitrogens is 1. The van der Waals surface area contributed by atoms with Crippen LogP contribution < -0.4 is 9.04 Å². The summed E-state index contributed by atoms with van der Waals surface area (Å²) in [5.41, 5.74) is 3.01. The lowest BCUT2D eigenvalue weighted by Gasteiger charge is -2.28. The Labute approximate surface area is 218 Å². The van der Waals surface area contributed by atoms with Crippen molar-refractivity contribution in [1.29, 1.82) is 0 Å². The minimum Gasteiger partial charge on any atom is -0.486 e. The van der Waals surface area contributed by atoms with Gasteiger partial charge in [-0.15, -0.1) is 0 Å².